The molecule has 0 aliphatic rings. The molecule has 0 fully saturated rings. The van der Waals surface area contributed by atoms with Crippen LogP contribution >= 0.6 is 38.9 Å². The van der Waals surface area contributed by atoms with E-state index in [1.54, 1.807) is 11.3 Å². The minimum Gasteiger partial charge on any atom is -0.483 e. The lowest BCUT2D eigenvalue weighted by molar-refractivity contribution is 0.173. The van der Waals surface area contributed by atoms with Gasteiger partial charge >= 0.3 is 0 Å². The van der Waals surface area contributed by atoms with Gasteiger partial charge in [0.05, 0.1) is 0 Å². The van der Waals surface area contributed by atoms with Crippen LogP contribution in [0.5, 0.6) is 5.75 Å². The smallest absolute Gasteiger partial charge is 0.148 e. The Bertz CT molecular complexity index is 587. The van der Waals surface area contributed by atoms with Crippen molar-refractivity contribution in [2.45, 2.75) is 32.4 Å². The highest BCUT2D eigenvalue weighted by Gasteiger charge is 2.23. The standard InChI is InChI=1S/C15H17BrClNOS/c1-3-12(18)15(14-6-10(16)8-20-14)19-13-7-11(17)5-4-9(13)2/h4-8,12,15H,3,18H2,1-2H3. The van der Waals surface area contributed by atoms with Crippen LogP contribution in [-0.2, 0) is 0 Å². The minimum absolute atomic E-state index is 0.0565. The Labute approximate surface area is 137 Å². The van der Waals surface area contributed by atoms with Crippen molar-refractivity contribution >= 4 is 38.9 Å². The Morgan fingerprint density at radius 1 is 1.40 bits per heavy atom. The molecule has 2 nitrogen and oxygen atoms in total. The zero-order valence-electron chi connectivity index (χ0n) is 11.4. The first-order valence-corrected chi connectivity index (χ1v) is 8.48. The molecular weight excluding hydrogens is 358 g/mol. The van der Waals surface area contributed by atoms with Crippen LogP contribution in [0.1, 0.15) is 29.9 Å². The molecule has 0 amide bonds. The molecule has 2 atom stereocenters. The van der Waals surface area contributed by atoms with Crippen molar-refractivity contribution in [3.05, 3.63) is 49.6 Å². The van der Waals surface area contributed by atoms with Crippen LogP contribution in [-0.4, -0.2) is 6.04 Å². The topological polar surface area (TPSA) is 35.2 Å². The number of benzene rings is 1. The SMILES string of the molecule is CCC(N)C(Oc1cc(Cl)ccc1C)c1cc(Br)cs1. The van der Waals surface area contributed by atoms with E-state index in [1.807, 2.05) is 30.5 Å². The van der Waals surface area contributed by atoms with Gasteiger partial charge in [-0.15, -0.1) is 11.3 Å². The van der Waals surface area contributed by atoms with Crippen LogP contribution in [0.15, 0.2) is 34.1 Å². The Hall–Kier alpha value is -0.550. The average Bonchev–Trinajstić information content (AvgIpc) is 2.85. The quantitative estimate of drug-likeness (QED) is 0.767. The van der Waals surface area contributed by atoms with Gasteiger partial charge in [-0.3, -0.25) is 0 Å². The Kier molecular flexibility index (Phi) is 5.49. The lowest BCUT2D eigenvalue weighted by Crippen LogP contribution is -2.31. The van der Waals surface area contributed by atoms with E-state index >= 15 is 0 Å². The number of nitrogens with two attached hydrogens (primary N) is 1. The van der Waals surface area contributed by atoms with Crippen LogP contribution in [0.2, 0.25) is 5.02 Å². The molecule has 0 saturated carbocycles. The van der Waals surface area contributed by atoms with E-state index in [-0.39, 0.29) is 12.1 Å². The van der Waals surface area contributed by atoms with E-state index in [4.69, 9.17) is 22.1 Å². The summed E-state index contributed by atoms with van der Waals surface area (Å²) in [4.78, 5) is 1.12. The van der Waals surface area contributed by atoms with Crippen LogP contribution in [0.4, 0.5) is 0 Å². The zero-order chi connectivity index (χ0) is 14.7. The van der Waals surface area contributed by atoms with Crippen molar-refractivity contribution in [3.8, 4) is 5.75 Å². The lowest BCUT2D eigenvalue weighted by Gasteiger charge is -2.24. The van der Waals surface area contributed by atoms with Gasteiger partial charge in [0.15, 0.2) is 0 Å². The monoisotopic (exact) mass is 373 g/mol. The normalized spacial score (nSPS) is 14.1. The molecule has 2 N–H and O–H groups in total. The molecule has 0 bridgehead atoms. The van der Waals surface area contributed by atoms with E-state index in [9.17, 15) is 0 Å². The lowest BCUT2D eigenvalue weighted by atomic mass is 10.1. The summed E-state index contributed by atoms with van der Waals surface area (Å²) in [5, 5.41) is 2.71. The van der Waals surface area contributed by atoms with Gasteiger partial charge < -0.3 is 10.5 Å². The van der Waals surface area contributed by atoms with Gasteiger partial charge in [-0.2, -0.15) is 0 Å². The van der Waals surface area contributed by atoms with Gasteiger partial charge in [-0.05, 0) is 53.0 Å². The maximum atomic E-state index is 6.23. The van der Waals surface area contributed by atoms with Crippen molar-refractivity contribution in [1.82, 2.24) is 0 Å². The summed E-state index contributed by atoms with van der Waals surface area (Å²) in [7, 11) is 0. The molecule has 1 heterocycles. The average molecular weight is 375 g/mol. The number of thiophene rings is 1. The Morgan fingerprint density at radius 3 is 2.75 bits per heavy atom. The van der Waals surface area contributed by atoms with E-state index in [0.29, 0.717) is 5.02 Å². The fourth-order valence-electron chi connectivity index (χ4n) is 1.89. The molecule has 1 aromatic heterocycles. The molecule has 5 heteroatoms. The van der Waals surface area contributed by atoms with Crippen molar-refractivity contribution in [3.63, 3.8) is 0 Å². The van der Waals surface area contributed by atoms with Crippen molar-refractivity contribution < 1.29 is 4.74 Å². The van der Waals surface area contributed by atoms with E-state index < -0.39 is 0 Å². The first-order valence-electron chi connectivity index (χ1n) is 6.43. The largest absolute Gasteiger partial charge is 0.483 e. The number of hydrogen-bond acceptors (Lipinski definition) is 3. The van der Waals surface area contributed by atoms with Gasteiger partial charge in [-0.1, -0.05) is 24.6 Å². The zero-order valence-corrected chi connectivity index (χ0v) is 14.6. The fraction of sp³-hybridized carbons (Fsp3) is 0.333. The minimum atomic E-state index is -0.159. The second-order valence-corrected chi connectivity index (χ2v) is 6.98. The molecule has 2 aromatic rings. The third-order valence-electron chi connectivity index (χ3n) is 3.13. The number of aryl methyl sites for hydroxylation is 1. The predicted molar refractivity (Wildman–Crippen MR) is 89.8 cm³/mol. The Balaban J connectivity index is 2.30. The fourth-order valence-corrected chi connectivity index (χ4v) is 3.60. The third-order valence-corrected chi connectivity index (χ3v) is 5.12. The molecule has 2 unspecified atom stereocenters. The summed E-state index contributed by atoms with van der Waals surface area (Å²) >= 11 is 11.2. The summed E-state index contributed by atoms with van der Waals surface area (Å²) < 4.78 is 7.21. The van der Waals surface area contributed by atoms with Gasteiger partial charge in [0, 0.05) is 25.8 Å². The first-order chi connectivity index (χ1) is 9.51. The molecule has 0 saturated heterocycles. The second kappa shape index (κ2) is 6.94. The third kappa shape index (κ3) is 3.76. The highest BCUT2D eigenvalue weighted by atomic mass is 79.9. The number of rotatable bonds is 5. The summed E-state index contributed by atoms with van der Waals surface area (Å²) in [6, 6.07) is 7.66. The van der Waals surface area contributed by atoms with Gasteiger partial charge in [0.1, 0.15) is 11.9 Å². The molecule has 2 rings (SSSR count). The molecule has 0 aliphatic heterocycles. The van der Waals surface area contributed by atoms with Gasteiger partial charge in [0.25, 0.3) is 0 Å². The Morgan fingerprint density at radius 2 is 2.15 bits per heavy atom. The number of halogens is 2. The van der Waals surface area contributed by atoms with Gasteiger partial charge in [0.2, 0.25) is 0 Å². The maximum Gasteiger partial charge on any atom is 0.148 e. The molecule has 1 aromatic carbocycles. The molecule has 0 spiro atoms. The van der Waals surface area contributed by atoms with Crippen LogP contribution < -0.4 is 10.5 Å². The van der Waals surface area contributed by atoms with Crippen LogP contribution in [0.25, 0.3) is 0 Å². The molecule has 108 valence electrons. The summed E-state index contributed by atoms with van der Waals surface area (Å²) in [6.07, 6.45) is 0.688. The molecule has 0 radical (unpaired) electrons. The highest BCUT2D eigenvalue weighted by molar-refractivity contribution is 9.10. The van der Waals surface area contributed by atoms with Crippen molar-refractivity contribution in [2.75, 3.05) is 0 Å². The van der Waals surface area contributed by atoms with Crippen molar-refractivity contribution in [2.24, 2.45) is 5.73 Å². The number of ether oxygens (including phenoxy) is 1. The molecule has 20 heavy (non-hydrogen) atoms. The summed E-state index contributed by atoms with van der Waals surface area (Å²) in [6.45, 7) is 4.07. The molecule has 0 aliphatic carbocycles. The second-order valence-electron chi connectivity index (χ2n) is 4.69. The summed E-state index contributed by atoms with van der Waals surface area (Å²) in [5.74, 6) is 0.788. The van der Waals surface area contributed by atoms with Crippen LogP contribution in [0, 0.1) is 6.92 Å². The van der Waals surface area contributed by atoms with Crippen molar-refractivity contribution in [1.29, 1.82) is 0 Å². The van der Waals surface area contributed by atoms with E-state index in [0.717, 1.165) is 27.1 Å². The first kappa shape index (κ1) is 15.8. The highest BCUT2D eigenvalue weighted by Crippen LogP contribution is 2.34. The number of hydrogen-bond donors (Lipinski definition) is 1. The van der Waals surface area contributed by atoms with E-state index in [2.05, 4.69) is 28.9 Å². The van der Waals surface area contributed by atoms with E-state index in [1.165, 1.54) is 0 Å². The molecular formula is C15H17BrClNOS. The maximum absolute atomic E-state index is 6.23. The van der Waals surface area contributed by atoms with Gasteiger partial charge in [-0.25, -0.2) is 0 Å². The van der Waals surface area contributed by atoms with Crippen LogP contribution in [0.3, 0.4) is 0 Å². The predicted octanol–water partition coefficient (Wildman–Crippen LogP) is 5.33. The summed E-state index contributed by atoms with van der Waals surface area (Å²) in [5.41, 5.74) is 7.28.